The topological polar surface area (TPSA) is 105 Å². The molecule has 1 N–H and O–H groups in total. The van der Waals surface area contributed by atoms with Crippen LogP contribution in [-0.4, -0.2) is 55.8 Å². The Morgan fingerprint density at radius 1 is 1.21 bits per heavy atom. The predicted molar refractivity (Wildman–Crippen MR) is 150 cm³/mol. The normalized spacial score (nSPS) is 15.9. The van der Waals surface area contributed by atoms with E-state index < -0.39 is 11.7 Å². The first-order chi connectivity index (χ1) is 18.6. The Bertz CT molecular complexity index is 1620. The van der Waals surface area contributed by atoms with Crippen molar-refractivity contribution in [3.63, 3.8) is 0 Å². The van der Waals surface area contributed by atoms with E-state index in [9.17, 15) is 14.9 Å². The van der Waals surface area contributed by atoms with Crippen LogP contribution in [0.3, 0.4) is 0 Å². The quantitative estimate of drug-likeness (QED) is 0.393. The Hall–Kier alpha value is -4.32. The zero-order valence-electron chi connectivity index (χ0n) is 23.1. The highest BCUT2D eigenvalue weighted by atomic mass is 16.6. The molecule has 1 atom stereocenters. The zero-order valence-corrected chi connectivity index (χ0v) is 23.1. The van der Waals surface area contributed by atoms with Crippen LogP contribution in [0.15, 0.2) is 42.5 Å². The summed E-state index contributed by atoms with van der Waals surface area (Å²) in [4.78, 5) is 32.5. The fourth-order valence-corrected chi connectivity index (χ4v) is 5.46. The van der Waals surface area contributed by atoms with Crippen molar-refractivity contribution in [2.45, 2.75) is 58.7 Å². The first kappa shape index (κ1) is 26.3. The molecule has 1 aliphatic rings. The Morgan fingerprint density at radius 2 is 1.97 bits per heavy atom. The first-order valence-corrected chi connectivity index (χ1v) is 13.4. The lowest BCUT2D eigenvalue weighted by Gasteiger charge is -2.33. The third kappa shape index (κ3) is 5.07. The van der Waals surface area contributed by atoms with Crippen LogP contribution >= 0.6 is 0 Å². The van der Waals surface area contributed by atoms with Crippen molar-refractivity contribution in [3.8, 4) is 17.6 Å². The van der Waals surface area contributed by atoms with Gasteiger partial charge >= 0.3 is 6.09 Å². The number of para-hydroxylation sites is 1. The van der Waals surface area contributed by atoms with Crippen LogP contribution in [0.4, 0.5) is 4.79 Å². The molecule has 0 bridgehead atoms. The molecule has 2 amide bonds. The molecular formula is C30H34N6O3. The van der Waals surface area contributed by atoms with Gasteiger partial charge in [0.15, 0.2) is 5.82 Å². The Labute approximate surface area is 228 Å². The molecule has 39 heavy (non-hydrogen) atoms. The van der Waals surface area contributed by atoms with Crippen molar-refractivity contribution in [2.75, 3.05) is 13.1 Å². The number of amides is 2. The van der Waals surface area contributed by atoms with Gasteiger partial charge in [-0.3, -0.25) is 4.79 Å². The van der Waals surface area contributed by atoms with E-state index in [1.165, 1.54) is 0 Å². The largest absolute Gasteiger partial charge is 0.444 e. The van der Waals surface area contributed by atoms with Crippen LogP contribution in [0, 0.1) is 11.3 Å². The smallest absolute Gasteiger partial charge is 0.407 e. The van der Waals surface area contributed by atoms with Crippen LogP contribution in [0.1, 0.15) is 56.5 Å². The van der Waals surface area contributed by atoms with Gasteiger partial charge < -0.3 is 24.1 Å². The maximum absolute atomic E-state index is 13.6. The minimum atomic E-state index is -0.593. The second-order valence-corrected chi connectivity index (χ2v) is 11.1. The van der Waals surface area contributed by atoms with E-state index in [0.717, 1.165) is 41.8 Å². The molecule has 0 aliphatic carbocycles. The number of alkyl carbamates (subject to hydrolysis) is 1. The molecule has 2 aromatic heterocycles. The van der Waals surface area contributed by atoms with Gasteiger partial charge in [-0.05, 0) is 64.8 Å². The van der Waals surface area contributed by atoms with E-state index in [0.29, 0.717) is 35.2 Å². The molecule has 2 aromatic carbocycles. The van der Waals surface area contributed by atoms with Gasteiger partial charge in [0.1, 0.15) is 11.7 Å². The van der Waals surface area contributed by atoms with Gasteiger partial charge in [0, 0.05) is 49.2 Å². The van der Waals surface area contributed by atoms with Gasteiger partial charge in [0.05, 0.1) is 22.3 Å². The maximum Gasteiger partial charge on any atom is 0.407 e. The van der Waals surface area contributed by atoms with E-state index in [1.54, 1.807) is 17.0 Å². The Morgan fingerprint density at radius 3 is 2.69 bits per heavy atom. The van der Waals surface area contributed by atoms with Crippen LogP contribution in [0.5, 0.6) is 0 Å². The summed E-state index contributed by atoms with van der Waals surface area (Å²) in [6, 6.07) is 15.8. The summed E-state index contributed by atoms with van der Waals surface area (Å²) >= 11 is 0. The first-order valence-electron chi connectivity index (χ1n) is 13.4. The lowest BCUT2D eigenvalue weighted by Crippen LogP contribution is -2.50. The van der Waals surface area contributed by atoms with E-state index >= 15 is 0 Å². The summed E-state index contributed by atoms with van der Waals surface area (Å²) in [5, 5.41) is 14.0. The van der Waals surface area contributed by atoms with Crippen molar-refractivity contribution in [2.24, 2.45) is 7.05 Å². The number of benzene rings is 2. The van der Waals surface area contributed by atoms with Gasteiger partial charge in [-0.2, -0.15) is 5.26 Å². The summed E-state index contributed by atoms with van der Waals surface area (Å²) in [5.41, 5.74) is 3.60. The summed E-state index contributed by atoms with van der Waals surface area (Å²) in [5.74, 6) is 0.558. The summed E-state index contributed by atoms with van der Waals surface area (Å²) < 4.78 is 9.53. The van der Waals surface area contributed by atoms with Crippen molar-refractivity contribution >= 4 is 33.9 Å². The lowest BCUT2D eigenvalue weighted by molar-refractivity contribution is 0.0452. The minimum absolute atomic E-state index is 0.182. The number of carbonyl (C=O) groups excluding carboxylic acids is 2. The number of aromatic nitrogens is 3. The third-order valence-corrected chi connectivity index (χ3v) is 7.12. The van der Waals surface area contributed by atoms with Crippen LogP contribution < -0.4 is 5.32 Å². The molecule has 1 saturated heterocycles. The number of fused-ring (bicyclic) bond motifs is 2. The van der Waals surface area contributed by atoms with E-state index in [-0.39, 0.29) is 11.9 Å². The second kappa shape index (κ2) is 10.1. The summed E-state index contributed by atoms with van der Waals surface area (Å²) in [6.07, 6.45) is 1.04. The number of likely N-dealkylation sites (tertiary alicyclic amines) is 1. The van der Waals surface area contributed by atoms with Gasteiger partial charge in [-0.1, -0.05) is 18.2 Å². The average molecular weight is 527 g/mol. The standard InChI is InChI=1S/C30H34N6O3/c1-6-36-24-12-8-7-10-19(24)16-25(36)27-33-23-15-20(14-21(17-31)26(23)34(27)5)28(37)35-13-9-11-22(18-35)32-29(38)39-30(2,3)4/h7-8,10,12,14-16,22H,6,9,11,13,18H2,1-5H3,(H,32,38)/t22-/m1/s1. The molecule has 202 valence electrons. The monoisotopic (exact) mass is 526 g/mol. The number of ether oxygens (including phenoxy) is 1. The van der Waals surface area contributed by atoms with Gasteiger partial charge in [-0.25, -0.2) is 9.78 Å². The van der Waals surface area contributed by atoms with Gasteiger partial charge in [0.2, 0.25) is 0 Å². The van der Waals surface area contributed by atoms with Crippen LogP contribution in [0.25, 0.3) is 33.5 Å². The number of aryl methyl sites for hydroxylation is 2. The number of hydrogen-bond acceptors (Lipinski definition) is 5. The number of nitrogens with zero attached hydrogens (tertiary/aromatic N) is 5. The molecular weight excluding hydrogens is 492 g/mol. The van der Waals surface area contributed by atoms with Crippen LogP contribution in [0.2, 0.25) is 0 Å². The highest BCUT2D eigenvalue weighted by molar-refractivity contribution is 6.00. The molecule has 9 heteroatoms. The predicted octanol–water partition coefficient (Wildman–Crippen LogP) is 5.22. The molecule has 5 rings (SSSR count). The van der Waals surface area contributed by atoms with Gasteiger partial charge in [0.25, 0.3) is 5.91 Å². The SMILES string of the molecule is CCn1c(-c2nc3cc(C(=O)N4CCC[C@@H](NC(=O)OC(C)(C)C)C4)cc(C#N)c3n2C)cc2ccccc21. The molecule has 0 saturated carbocycles. The summed E-state index contributed by atoms with van der Waals surface area (Å²) in [6.45, 7) is 9.27. The van der Waals surface area contributed by atoms with E-state index in [4.69, 9.17) is 9.72 Å². The molecule has 0 unspecified atom stereocenters. The molecule has 0 spiro atoms. The fourth-order valence-electron chi connectivity index (χ4n) is 5.46. The van der Waals surface area contributed by atoms with Crippen LogP contribution in [-0.2, 0) is 18.3 Å². The lowest BCUT2D eigenvalue weighted by atomic mass is 10.0. The summed E-state index contributed by atoms with van der Waals surface area (Å²) in [7, 11) is 1.90. The molecule has 3 heterocycles. The zero-order chi connectivity index (χ0) is 27.9. The van der Waals surface area contributed by atoms with Crippen molar-refractivity contribution in [1.29, 1.82) is 5.26 Å². The van der Waals surface area contributed by atoms with Crippen molar-refractivity contribution in [3.05, 3.63) is 53.6 Å². The number of hydrogen-bond donors (Lipinski definition) is 1. The molecule has 4 aromatic rings. The highest BCUT2D eigenvalue weighted by Gasteiger charge is 2.28. The number of carbonyl (C=O) groups is 2. The number of rotatable bonds is 4. The molecule has 9 nitrogen and oxygen atoms in total. The van der Waals surface area contributed by atoms with Crippen molar-refractivity contribution in [1.82, 2.24) is 24.3 Å². The highest BCUT2D eigenvalue weighted by Crippen LogP contribution is 2.32. The molecule has 1 fully saturated rings. The third-order valence-electron chi connectivity index (χ3n) is 7.12. The average Bonchev–Trinajstić information content (AvgIpc) is 3.43. The van der Waals surface area contributed by atoms with Gasteiger partial charge in [-0.15, -0.1) is 0 Å². The van der Waals surface area contributed by atoms with Crippen molar-refractivity contribution < 1.29 is 14.3 Å². The molecule has 1 aliphatic heterocycles. The van der Waals surface area contributed by atoms with E-state index in [1.807, 2.05) is 44.5 Å². The number of nitriles is 1. The maximum atomic E-state index is 13.6. The minimum Gasteiger partial charge on any atom is -0.444 e. The Balaban J connectivity index is 1.46. The number of nitrogens with one attached hydrogen (secondary N) is 1. The molecule has 0 radical (unpaired) electrons. The van der Waals surface area contributed by atoms with E-state index in [2.05, 4.69) is 41.1 Å². The second-order valence-electron chi connectivity index (χ2n) is 11.1. The number of piperidine rings is 1. The Kier molecular flexibility index (Phi) is 6.81. The fraction of sp³-hybridized carbons (Fsp3) is 0.400. The number of imidazole rings is 1.